The maximum Gasteiger partial charge on any atom is 0.322 e. The molecule has 2 aromatic rings. The Morgan fingerprint density at radius 3 is 2.30 bits per heavy atom. The Morgan fingerprint density at radius 2 is 1.78 bits per heavy atom. The van der Waals surface area contributed by atoms with Crippen molar-refractivity contribution >= 4 is 11.9 Å². The molecule has 0 aliphatic carbocycles. The van der Waals surface area contributed by atoms with E-state index in [-0.39, 0.29) is 12.0 Å². The molecule has 0 saturated carbocycles. The fourth-order valence-corrected chi connectivity index (χ4v) is 2.28. The molecule has 0 bridgehead atoms. The largest absolute Gasteiger partial charge is 0.474 e. The molecule has 1 unspecified atom stereocenters. The summed E-state index contributed by atoms with van der Waals surface area (Å²) in [5, 5.41) is 12.9. The van der Waals surface area contributed by atoms with Crippen LogP contribution in [0.1, 0.15) is 25.5 Å². The van der Waals surface area contributed by atoms with Crippen LogP contribution in [-0.4, -0.2) is 28.2 Å². The van der Waals surface area contributed by atoms with Crippen molar-refractivity contribution in [1.82, 2.24) is 20.8 Å². The second-order valence-electron chi connectivity index (χ2n) is 5.44. The van der Waals surface area contributed by atoms with Crippen molar-refractivity contribution in [2.45, 2.75) is 26.0 Å². The molecule has 1 fully saturated rings. The van der Waals surface area contributed by atoms with Gasteiger partial charge in [0.05, 0.1) is 11.8 Å². The summed E-state index contributed by atoms with van der Waals surface area (Å²) < 4.78 is 5.46. The number of imide groups is 1. The number of urea groups is 1. The van der Waals surface area contributed by atoms with Crippen LogP contribution in [0.4, 0.5) is 4.79 Å². The van der Waals surface area contributed by atoms with Crippen LogP contribution in [0, 0.1) is 0 Å². The highest BCUT2D eigenvalue weighted by molar-refractivity contribution is 6.04. The first-order valence-electron chi connectivity index (χ1n) is 7.25. The van der Waals surface area contributed by atoms with E-state index in [0.29, 0.717) is 17.1 Å². The number of rotatable bonds is 4. The second-order valence-corrected chi connectivity index (χ2v) is 5.44. The first-order chi connectivity index (χ1) is 11.0. The van der Waals surface area contributed by atoms with Gasteiger partial charge in [0.1, 0.15) is 6.04 Å². The molecule has 0 spiro atoms. The number of hydrogen-bond acceptors (Lipinski definition) is 5. The molecule has 1 saturated heterocycles. The Morgan fingerprint density at radius 1 is 1.04 bits per heavy atom. The third-order valence-electron chi connectivity index (χ3n) is 3.31. The zero-order valence-electron chi connectivity index (χ0n) is 12.7. The molecule has 0 radical (unpaired) electrons. The topological polar surface area (TPSA) is 93.2 Å². The third kappa shape index (κ3) is 3.28. The van der Waals surface area contributed by atoms with Crippen LogP contribution in [-0.2, 0) is 4.79 Å². The molecule has 2 N–H and O–H groups in total. The molecule has 1 aliphatic rings. The van der Waals surface area contributed by atoms with Crippen LogP contribution >= 0.6 is 0 Å². The van der Waals surface area contributed by atoms with Crippen LogP contribution in [0.25, 0.3) is 11.3 Å². The molecule has 1 aromatic carbocycles. The number of ether oxygens (including phenoxy) is 1. The molecular weight excluding hydrogens is 296 g/mol. The number of amides is 3. The highest BCUT2D eigenvalue weighted by Crippen LogP contribution is 2.22. The number of carbonyl (C=O) groups excluding carboxylic acids is 2. The van der Waals surface area contributed by atoms with Crippen molar-refractivity contribution in [3.63, 3.8) is 0 Å². The highest BCUT2D eigenvalue weighted by Gasteiger charge is 2.30. The maximum atomic E-state index is 11.6. The van der Waals surface area contributed by atoms with Crippen LogP contribution in [0.2, 0.25) is 0 Å². The maximum absolute atomic E-state index is 11.6. The van der Waals surface area contributed by atoms with E-state index < -0.39 is 12.1 Å². The van der Waals surface area contributed by atoms with Crippen LogP contribution in [0.5, 0.6) is 5.88 Å². The van der Waals surface area contributed by atoms with Crippen molar-refractivity contribution in [2.24, 2.45) is 0 Å². The molecule has 23 heavy (non-hydrogen) atoms. The van der Waals surface area contributed by atoms with E-state index >= 15 is 0 Å². The van der Waals surface area contributed by atoms with Crippen LogP contribution < -0.4 is 15.4 Å². The normalized spacial score (nSPS) is 17.1. The summed E-state index contributed by atoms with van der Waals surface area (Å²) in [6.07, 6.45) is 0.0437. The zero-order valence-corrected chi connectivity index (χ0v) is 12.7. The van der Waals surface area contributed by atoms with Gasteiger partial charge < -0.3 is 10.1 Å². The zero-order chi connectivity index (χ0) is 16.4. The molecule has 1 aromatic heterocycles. The summed E-state index contributed by atoms with van der Waals surface area (Å²) in [5.74, 6) is 0.128. The van der Waals surface area contributed by atoms with Crippen molar-refractivity contribution in [2.75, 3.05) is 0 Å². The molecule has 3 amide bonds. The van der Waals surface area contributed by atoms with E-state index in [0.717, 1.165) is 5.56 Å². The number of benzene rings is 1. The smallest absolute Gasteiger partial charge is 0.322 e. The van der Waals surface area contributed by atoms with Crippen LogP contribution in [0.3, 0.4) is 0 Å². The lowest BCUT2D eigenvalue weighted by Gasteiger charge is -2.09. The van der Waals surface area contributed by atoms with Crippen molar-refractivity contribution in [3.8, 4) is 17.1 Å². The summed E-state index contributed by atoms with van der Waals surface area (Å²) >= 11 is 0. The Labute approximate surface area is 133 Å². The van der Waals surface area contributed by atoms with E-state index in [9.17, 15) is 9.59 Å². The fourth-order valence-electron chi connectivity index (χ4n) is 2.28. The van der Waals surface area contributed by atoms with E-state index in [1.807, 2.05) is 32.0 Å². The number of nitrogens with zero attached hydrogens (tertiary/aromatic N) is 2. The predicted octanol–water partition coefficient (Wildman–Crippen LogP) is 1.81. The Balaban J connectivity index is 1.77. The summed E-state index contributed by atoms with van der Waals surface area (Å²) in [6, 6.07) is 9.70. The molecule has 118 valence electrons. The monoisotopic (exact) mass is 312 g/mol. The van der Waals surface area contributed by atoms with Crippen molar-refractivity contribution in [3.05, 3.63) is 42.0 Å². The number of aromatic nitrogens is 2. The minimum absolute atomic E-state index is 0.0437. The summed E-state index contributed by atoms with van der Waals surface area (Å²) in [5.41, 5.74) is 2.28. The SMILES string of the molecule is CC(C)Oc1ccc(-c2ccc(C3NC(=O)NC3=O)cc2)nn1. The van der Waals surface area contributed by atoms with E-state index in [1.165, 1.54) is 0 Å². The van der Waals surface area contributed by atoms with Gasteiger partial charge >= 0.3 is 6.03 Å². The molecule has 1 atom stereocenters. The van der Waals surface area contributed by atoms with Crippen molar-refractivity contribution < 1.29 is 14.3 Å². The van der Waals surface area contributed by atoms with Gasteiger partial charge in [-0.2, -0.15) is 0 Å². The number of carbonyl (C=O) groups is 2. The standard InChI is InChI=1S/C16H16N4O3/c1-9(2)23-13-8-7-12(19-20-13)10-3-5-11(6-4-10)14-15(21)18-16(22)17-14/h3-9,14H,1-2H3,(H2,17,18,21,22). The lowest BCUT2D eigenvalue weighted by molar-refractivity contribution is -0.120. The van der Waals surface area contributed by atoms with Crippen LogP contribution in [0.15, 0.2) is 36.4 Å². The highest BCUT2D eigenvalue weighted by atomic mass is 16.5. The molecule has 3 rings (SSSR count). The van der Waals surface area contributed by atoms with Gasteiger partial charge in [-0.25, -0.2) is 4.79 Å². The fraction of sp³-hybridized carbons (Fsp3) is 0.250. The van der Waals surface area contributed by atoms with Gasteiger partial charge in [-0.3, -0.25) is 10.1 Å². The molecule has 2 heterocycles. The summed E-state index contributed by atoms with van der Waals surface area (Å²) in [6.45, 7) is 3.85. The first kappa shape index (κ1) is 15.0. The van der Waals surface area contributed by atoms with Gasteiger partial charge in [0, 0.05) is 11.6 Å². The first-order valence-corrected chi connectivity index (χ1v) is 7.25. The molecule has 7 heteroatoms. The summed E-state index contributed by atoms with van der Waals surface area (Å²) in [7, 11) is 0. The Kier molecular flexibility index (Phi) is 3.92. The Hall–Kier alpha value is -2.96. The van der Waals surface area contributed by atoms with E-state index in [2.05, 4.69) is 20.8 Å². The van der Waals surface area contributed by atoms with E-state index in [4.69, 9.17) is 4.74 Å². The summed E-state index contributed by atoms with van der Waals surface area (Å²) in [4.78, 5) is 22.8. The number of hydrogen-bond donors (Lipinski definition) is 2. The van der Waals surface area contributed by atoms with Crippen molar-refractivity contribution in [1.29, 1.82) is 0 Å². The van der Waals surface area contributed by atoms with Gasteiger partial charge in [-0.15, -0.1) is 10.2 Å². The molecular formula is C16H16N4O3. The van der Waals surface area contributed by atoms with Gasteiger partial charge in [-0.05, 0) is 25.5 Å². The second kappa shape index (κ2) is 6.04. The minimum atomic E-state index is -0.649. The molecule has 1 aliphatic heterocycles. The van der Waals surface area contributed by atoms with Gasteiger partial charge in [0.25, 0.3) is 5.91 Å². The average Bonchev–Trinajstić information content (AvgIpc) is 2.86. The van der Waals surface area contributed by atoms with E-state index in [1.54, 1.807) is 18.2 Å². The lowest BCUT2D eigenvalue weighted by atomic mass is 10.0. The third-order valence-corrected chi connectivity index (χ3v) is 3.31. The predicted molar refractivity (Wildman–Crippen MR) is 82.6 cm³/mol. The minimum Gasteiger partial charge on any atom is -0.474 e. The quantitative estimate of drug-likeness (QED) is 0.840. The average molecular weight is 312 g/mol. The lowest BCUT2D eigenvalue weighted by Crippen LogP contribution is -2.22. The van der Waals surface area contributed by atoms with Gasteiger partial charge in [-0.1, -0.05) is 24.3 Å². The van der Waals surface area contributed by atoms with Gasteiger partial charge in [0.2, 0.25) is 5.88 Å². The number of nitrogens with one attached hydrogen (secondary N) is 2. The molecule has 7 nitrogen and oxygen atoms in total. The van der Waals surface area contributed by atoms with Gasteiger partial charge in [0.15, 0.2) is 0 Å². The Bertz CT molecular complexity index is 726.